The molecule has 1 aromatic heterocycles. The molecule has 8 nitrogen and oxygen atoms in total. The van der Waals surface area contributed by atoms with Crippen LogP contribution in [0.5, 0.6) is 0 Å². The van der Waals surface area contributed by atoms with Crippen molar-refractivity contribution in [3.8, 4) is 11.4 Å². The van der Waals surface area contributed by atoms with E-state index in [0.29, 0.717) is 5.82 Å². The van der Waals surface area contributed by atoms with Gasteiger partial charge in [-0.2, -0.15) is 5.21 Å². The summed E-state index contributed by atoms with van der Waals surface area (Å²) in [6.07, 6.45) is 2.45. The molecule has 0 saturated carbocycles. The van der Waals surface area contributed by atoms with Crippen LogP contribution in [-0.4, -0.2) is 56.9 Å². The average Bonchev–Trinajstić information content (AvgIpc) is 3.12. The fraction of sp³-hybridized carbons (Fsp3) is 0.500. The number of alkyl carbamates (subject to hydrolysis) is 1. The largest absolute Gasteiger partial charge is 0.443 e. The number of carbonyl (C=O) groups is 1. The number of likely N-dealkylation sites (tertiary alicyclic amines) is 1. The van der Waals surface area contributed by atoms with E-state index in [1.54, 1.807) is 0 Å². The number of nitrogens with one attached hydrogen (secondary N) is 2. The molecule has 0 atom stereocenters. The number of piperidine rings is 1. The molecule has 3 heterocycles. The fourth-order valence-corrected chi connectivity index (χ4v) is 3.45. The van der Waals surface area contributed by atoms with Crippen molar-refractivity contribution < 1.29 is 9.53 Å². The maximum Gasteiger partial charge on any atom is 0.407 e. The number of rotatable bonds is 3. The van der Waals surface area contributed by atoms with E-state index >= 15 is 0 Å². The second-order valence-electron chi connectivity index (χ2n) is 6.46. The summed E-state index contributed by atoms with van der Waals surface area (Å²) in [6.45, 7) is 3.50. The standard InChI is InChI=1S/C16H20N6O2/c23-15-17-8-5-16(24-15)6-9-22(10-7-16)11-12-1-3-13(4-2-12)14-18-20-21-19-14/h1-4H,5-11H2,(H,17,23)(H,18,19,20,21). The first-order chi connectivity index (χ1) is 11.7. The molecule has 0 radical (unpaired) electrons. The van der Waals surface area contributed by atoms with Crippen molar-refractivity contribution in [3.05, 3.63) is 29.8 Å². The molecule has 2 aliphatic heterocycles. The Morgan fingerprint density at radius 3 is 2.62 bits per heavy atom. The third kappa shape index (κ3) is 3.09. The van der Waals surface area contributed by atoms with Crippen LogP contribution in [0.3, 0.4) is 0 Å². The van der Waals surface area contributed by atoms with Crippen LogP contribution in [0.2, 0.25) is 0 Å². The first-order valence-electron chi connectivity index (χ1n) is 8.24. The van der Waals surface area contributed by atoms with E-state index in [-0.39, 0.29) is 11.7 Å². The number of hydrogen-bond acceptors (Lipinski definition) is 6. The van der Waals surface area contributed by atoms with E-state index in [1.165, 1.54) is 5.56 Å². The molecule has 4 rings (SSSR count). The second kappa shape index (κ2) is 6.20. The zero-order valence-electron chi connectivity index (χ0n) is 13.4. The number of hydrogen-bond donors (Lipinski definition) is 2. The van der Waals surface area contributed by atoms with Crippen molar-refractivity contribution in [3.63, 3.8) is 0 Å². The van der Waals surface area contributed by atoms with Crippen molar-refractivity contribution >= 4 is 6.09 Å². The van der Waals surface area contributed by atoms with Gasteiger partial charge in [0.05, 0.1) is 0 Å². The summed E-state index contributed by atoms with van der Waals surface area (Å²) < 4.78 is 5.57. The van der Waals surface area contributed by atoms with Gasteiger partial charge in [-0.1, -0.05) is 24.3 Å². The first kappa shape index (κ1) is 15.1. The van der Waals surface area contributed by atoms with Crippen molar-refractivity contribution in [2.24, 2.45) is 0 Å². The fourth-order valence-electron chi connectivity index (χ4n) is 3.45. The Balaban J connectivity index is 1.34. The number of tetrazole rings is 1. The van der Waals surface area contributed by atoms with Crippen molar-refractivity contribution in [1.29, 1.82) is 0 Å². The minimum atomic E-state index is -0.272. The zero-order valence-corrected chi connectivity index (χ0v) is 13.4. The van der Waals surface area contributed by atoms with Gasteiger partial charge in [-0.05, 0) is 10.8 Å². The maximum atomic E-state index is 11.5. The average molecular weight is 328 g/mol. The Bertz CT molecular complexity index is 692. The molecule has 126 valence electrons. The van der Waals surface area contributed by atoms with E-state index in [0.717, 1.165) is 51.0 Å². The Morgan fingerprint density at radius 1 is 1.17 bits per heavy atom. The summed E-state index contributed by atoms with van der Waals surface area (Å²) in [5.41, 5.74) is 1.95. The summed E-state index contributed by atoms with van der Waals surface area (Å²) >= 11 is 0. The predicted molar refractivity (Wildman–Crippen MR) is 86.0 cm³/mol. The number of carbonyl (C=O) groups excluding carboxylic acids is 1. The Kier molecular flexibility index (Phi) is 3.89. The molecule has 2 aromatic rings. The number of nitrogens with zero attached hydrogens (tertiary/aromatic N) is 4. The second-order valence-corrected chi connectivity index (χ2v) is 6.46. The topological polar surface area (TPSA) is 96.0 Å². The van der Waals surface area contributed by atoms with Crippen LogP contribution in [0.15, 0.2) is 24.3 Å². The molecule has 0 bridgehead atoms. The Morgan fingerprint density at radius 2 is 1.96 bits per heavy atom. The number of benzene rings is 1. The first-order valence-corrected chi connectivity index (χ1v) is 8.24. The molecule has 2 saturated heterocycles. The third-order valence-corrected chi connectivity index (χ3v) is 4.89. The van der Waals surface area contributed by atoms with Crippen molar-refractivity contribution in [2.45, 2.75) is 31.4 Å². The van der Waals surface area contributed by atoms with Gasteiger partial charge in [-0.25, -0.2) is 4.79 Å². The highest BCUT2D eigenvalue weighted by Crippen LogP contribution is 2.32. The van der Waals surface area contributed by atoms with Crippen LogP contribution < -0.4 is 5.32 Å². The maximum absolute atomic E-state index is 11.5. The van der Waals surface area contributed by atoms with Gasteiger partial charge in [0.1, 0.15) is 5.60 Å². The molecular formula is C16H20N6O2. The van der Waals surface area contributed by atoms with Crippen LogP contribution >= 0.6 is 0 Å². The summed E-state index contributed by atoms with van der Waals surface area (Å²) in [4.78, 5) is 13.9. The third-order valence-electron chi connectivity index (χ3n) is 4.89. The van der Waals surface area contributed by atoms with Gasteiger partial charge in [-0.3, -0.25) is 4.90 Å². The smallest absolute Gasteiger partial charge is 0.407 e. The summed E-state index contributed by atoms with van der Waals surface area (Å²) in [5.74, 6) is 0.606. The van der Waals surface area contributed by atoms with Crippen LogP contribution in [0.25, 0.3) is 11.4 Å². The lowest BCUT2D eigenvalue weighted by Crippen LogP contribution is -2.53. The number of H-pyrrole nitrogens is 1. The molecular weight excluding hydrogens is 308 g/mol. The minimum Gasteiger partial charge on any atom is -0.443 e. The van der Waals surface area contributed by atoms with Crippen LogP contribution in [0, 0.1) is 0 Å². The van der Waals surface area contributed by atoms with Crippen LogP contribution in [-0.2, 0) is 11.3 Å². The monoisotopic (exact) mass is 328 g/mol. The molecule has 2 N–H and O–H groups in total. The highest BCUT2D eigenvalue weighted by molar-refractivity contribution is 5.68. The Labute approximate surface area is 139 Å². The molecule has 0 unspecified atom stereocenters. The van der Waals surface area contributed by atoms with E-state index < -0.39 is 0 Å². The summed E-state index contributed by atoms with van der Waals surface area (Å²) in [6, 6.07) is 8.22. The van der Waals surface area contributed by atoms with E-state index in [1.807, 2.05) is 12.1 Å². The quantitative estimate of drug-likeness (QED) is 0.882. The van der Waals surface area contributed by atoms with E-state index in [4.69, 9.17) is 4.74 Å². The highest BCUT2D eigenvalue weighted by atomic mass is 16.6. The molecule has 0 aliphatic carbocycles. The van der Waals surface area contributed by atoms with Gasteiger partial charge in [0, 0.05) is 51.0 Å². The molecule has 2 aliphatic rings. The highest BCUT2D eigenvalue weighted by Gasteiger charge is 2.40. The van der Waals surface area contributed by atoms with E-state index in [9.17, 15) is 4.79 Å². The molecule has 1 aromatic carbocycles. The number of aromatic nitrogens is 4. The summed E-state index contributed by atoms with van der Waals surface area (Å²) in [5, 5.41) is 16.7. The minimum absolute atomic E-state index is 0.249. The normalized spacial score (nSPS) is 20.6. The number of ether oxygens (including phenoxy) is 1. The van der Waals surface area contributed by atoms with Gasteiger partial charge >= 0.3 is 6.09 Å². The van der Waals surface area contributed by atoms with Crippen LogP contribution in [0.4, 0.5) is 4.79 Å². The van der Waals surface area contributed by atoms with Crippen molar-refractivity contribution in [1.82, 2.24) is 30.8 Å². The van der Waals surface area contributed by atoms with Gasteiger partial charge in [0.2, 0.25) is 5.82 Å². The van der Waals surface area contributed by atoms with Crippen molar-refractivity contribution in [2.75, 3.05) is 19.6 Å². The summed E-state index contributed by atoms with van der Waals surface area (Å²) in [7, 11) is 0. The number of aromatic amines is 1. The zero-order chi connectivity index (χ0) is 16.4. The molecule has 1 amide bonds. The molecule has 2 fully saturated rings. The predicted octanol–water partition coefficient (Wildman–Crippen LogP) is 1.33. The molecule has 8 heteroatoms. The lowest BCUT2D eigenvalue weighted by molar-refractivity contribution is -0.0555. The Hall–Kier alpha value is -2.48. The lowest BCUT2D eigenvalue weighted by atomic mass is 9.87. The SMILES string of the molecule is O=C1NCCC2(CCN(Cc3ccc(-c4nn[nH]n4)cc3)CC2)O1. The molecule has 1 spiro atoms. The number of amides is 1. The lowest BCUT2D eigenvalue weighted by Gasteiger charge is -2.43. The van der Waals surface area contributed by atoms with Gasteiger partial charge in [0.15, 0.2) is 0 Å². The van der Waals surface area contributed by atoms with Gasteiger partial charge in [0.25, 0.3) is 0 Å². The van der Waals surface area contributed by atoms with Gasteiger partial charge < -0.3 is 10.1 Å². The van der Waals surface area contributed by atoms with Crippen LogP contribution in [0.1, 0.15) is 24.8 Å². The molecule has 24 heavy (non-hydrogen) atoms. The van der Waals surface area contributed by atoms with Gasteiger partial charge in [-0.15, -0.1) is 10.2 Å². The van der Waals surface area contributed by atoms with E-state index in [2.05, 4.69) is 43.0 Å².